The van der Waals surface area contributed by atoms with E-state index in [2.05, 4.69) is 0 Å². The van der Waals surface area contributed by atoms with E-state index >= 15 is 0 Å². The van der Waals surface area contributed by atoms with E-state index in [1.165, 1.54) is 6.07 Å². The summed E-state index contributed by atoms with van der Waals surface area (Å²) >= 11 is 0. The topological polar surface area (TPSA) is 69.9 Å². The second-order valence-corrected chi connectivity index (χ2v) is 8.38. The summed E-state index contributed by atoms with van der Waals surface area (Å²) in [5, 5.41) is 9.83. The van der Waals surface area contributed by atoms with Crippen LogP contribution in [0.25, 0.3) is 0 Å². The molecule has 1 saturated heterocycles. The van der Waals surface area contributed by atoms with Crippen LogP contribution in [0.3, 0.4) is 0 Å². The van der Waals surface area contributed by atoms with Crippen LogP contribution in [0.2, 0.25) is 0 Å². The van der Waals surface area contributed by atoms with E-state index < -0.39 is 0 Å². The fourth-order valence-corrected chi connectivity index (χ4v) is 4.07. The van der Waals surface area contributed by atoms with Crippen molar-refractivity contribution in [3.63, 3.8) is 0 Å². The highest BCUT2D eigenvalue weighted by Crippen LogP contribution is 2.33. The summed E-state index contributed by atoms with van der Waals surface area (Å²) in [5.74, 6) is 1.01. The molecule has 0 saturated carbocycles. The molecule has 0 amide bonds. The quantitative estimate of drug-likeness (QED) is 0.517. The summed E-state index contributed by atoms with van der Waals surface area (Å²) in [6, 6.07) is 17.1. The third-order valence-corrected chi connectivity index (χ3v) is 5.83. The summed E-state index contributed by atoms with van der Waals surface area (Å²) in [7, 11) is 0. The Bertz CT molecular complexity index is 1090. The van der Waals surface area contributed by atoms with Gasteiger partial charge in [0.05, 0.1) is 18.8 Å². The van der Waals surface area contributed by atoms with E-state index in [4.69, 9.17) is 14.2 Å². The van der Waals surface area contributed by atoms with Crippen LogP contribution in [0.5, 0.6) is 11.5 Å². The van der Waals surface area contributed by atoms with Crippen molar-refractivity contribution in [3.8, 4) is 11.5 Å². The van der Waals surface area contributed by atoms with Gasteiger partial charge in [0.15, 0.2) is 12.0 Å². The molecule has 4 rings (SSSR count). The molecule has 1 aliphatic heterocycles. The second kappa shape index (κ2) is 11.2. The molecule has 6 heteroatoms. The third kappa shape index (κ3) is 6.03. The van der Waals surface area contributed by atoms with Gasteiger partial charge in [-0.05, 0) is 43.4 Å². The molecule has 0 bridgehead atoms. The lowest BCUT2D eigenvalue weighted by molar-refractivity contribution is -0.106. The SMILES string of the molecule is Cc1ccc(C(CCO)n2ccc(=O)c(OCc3ccccc3)c2)c(OC2CCCCO2)c1. The number of pyridine rings is 1. The lowest BCUT2D eigenvalue weighted by Crippen LogP contribution is -2.26. The molecule has 2 aromatic carbocycles. The second-order valence-electron chi connectivity index (χ2n) is 8.38. The van der Waals surface area contributed by atoms with Crippen molar-refractivity contribution in [2.24, 2.45) is 0 Å². The summed E-state index contributed by atoms with van der Waals surface area (Å²) in [5.41, 5.74) is 2.82. The molecular weight excluding hydrogens is 418 g/mol. The lowest BCUT2D eigenvalue weighted by atomic mass is 10.0. The van der Waals surface area contributed by atoms with Gasteiger partial charge in [0.25, 0.3) is 0 Å². The normalized spacial score (nSPS) is 16.8. The van der Waals surface area contributed by atoms with Gasteiger partial charge in [0, 0.05) is 30.9 Å². The maximum atomic E-state index is 12.5. The van der Waals surface area contributed by atoms with Crippen LogP contribution < -0.4 is 14.9 Å². The molecule has 0 spiro atoms. The van der Waals surface area contributed by atoms with Crippen LogP contribution in [-0.2, 0) is 11.3 Å². The van der Waals surface area contributed by atoms with Crippen molar-refractivity contribution in [2.75, 3.05) is 13.2 Å². The van der Waals surface area contributed by atoms with Crippen molar-refractivity contribution >= 4 is 0 Å². The van der Waals surface area contributed by atoms with Gasteiger partial charge >= 0.3 is 0 Å². The zero-order valence-electron chi connectivity index (χ0n) is 19.0. The molecule has 6 nitrogen and oxygen atoms in total. The minimum atomic E-state index is -0.270. The molecule has 174 valence electrons. The smallest absolute Gasteiger partial charge is 0.223 e. The molecular formula is C27H31NO5. The van der Waals surface area contributed by atoms with Crippen molar-refractivity contribution in [1.29, 1.82) is 0 Å². The maximum Gasteiger partial charge on any atom is 0.223 e. The largest absolute Gasteiger partial charge is 0.483 e. The maximum absolute atomic E-state index is 12.5. The Morgan fingerprint density at radius 2 is 1.97 bits per heavy atom. The van der Waals surface area contributed by atoms with Gasteiger partial charge in [-0.25, -0.2) is 0 Å². The molecule has 33 heavy (non-hydrogen) atoms. The first-order valence-electron chi connectivity index (χ1n) is 11.5. The molecule has 1 N–H and O–H groups in total. The van der Waals surface area contributed by atoms with E-state index in [1.807, 2.05) is 60.0 Å². The molecule has 2 heterocycles. The summed E-state index contributed by atoms with van der Waals surface area (Å²) in [6.45, 7) is 3.02. The van der Waals surface area contributed by atoms with Crippen molar-refractivity contribution in [1.82, 2.24) is 4.57 Å². The number of nitrogens with zero attached hydrogens (tertiary/aromatic N) is 1. The zero-order chi connectivity index (χ0) is 23.0. The zero-order valence-corrected chi connectivity index (χ0v) is 19.0. The number of aliphatic hydroxyl groups is 1. The van der Waals surface area contributed by atoms with Gasteiger partial charge in [-0.2, -0.15) is 0 Å². The fourth-order valence-electron chi connectivity index (χ4n) is 4.07. The molecule has 0 aliphatic carbocycles. The Kier molecular flexibility index (Phi) is 7.81. The first kappa shape index (κ1) is 23.1. The summed E-state index contributed by atoms with van der Waals surface area (Å²) in [4.78, 5) is 12.5. The highest BCUT2D eigenvalue weighted by atomic mass is 16.7. The molecule has 2 unspecified atom stereocenters. The van der Waals surface area contributed by atoms with Gasteiger partial charge in [0.2, 0.25) is 5.43 Å². The van der Waals surface area contributed by atoms with Crippen molar-refractivity contribution in [2.45, 2.75) is 51.5 Å². The third-order valence-electron chi connectivity index (χ3n) is 5.83. The van der Waals surface area contributed by atoms with Gasteiger partial charge in [-0.1, -0.05) is 42.5 Å². The van der Waals surface area contributed by atoms with E-state index in [0.717, 1.165) is 41.7 Å². The van der Waals surface area contributed by atoms with Crippen LogP contribution in [0, 0.1) is 6.92 Å². The van der Waals surface area contributed by atoms with E-state index in [9.17, 15) is 9.90 Å². The van der Waals surface area contributed by atoms with E-state index in [1.54, 1.807) is 12.4 Å². The van der Waals surface area contributed by atoms with Crippen LogP contribution in [-0.4, -0.2) is 29.2 Å². The molecule has 3 aromatic rings. The Morgan fingerprint density at radius 1 is 1.12 bits per heavy atom. The highest BCUT2D eigenvalue weighted by molar-refractivity contribution is 5.40. The van der Waals surface area contributed by atoms with Crippen molar-refractivity contribution < 1.29 is 19.3 Å². The minimum absolute atomic E-state index is 0.00968. The Hall–Kier alpha value is -3.09. The fraction of sp³-hybridized carbons (Fsp3) is 0.370. The number of hydrogen-bond donors (Lipinski definition) is 1. The molecule has 1 aliphatic rings. The number of aromatic nitrogens is 1. The summed E-state index contributed by atoms with van der Waals surface area (Å²) in [6.07, 6.45) is 6.63. The number of aliphatic hydroxyl groups excluding tert-OH is 1. The van der Waals surface area contributed by atoms with Gasteiger partial charge in [-0.3, -0.25) is 4.79 Å². The Labute approximate surface area is 194 Å². The van der Waals surface area contributed by atoms with Crippen LogP contribution >= 0.6 is 0 Å². The average molecular weight is 450 g/mol. The number of ether oxygens (including phenoxy) is 3. The van der Waals surface area contributed by atoms with Gasteiger partial charge in [0.1, 0.15) is 12.4 Å². The number of aryl methyl sites for hydroxylation is 1. The van der Waals surface area contributed by atoms with Gasteiger partial charge in [-0.15, -0.1) is 0 Å². The molecule has 2 atom stereocenters. The van der Waals surface area contributed by atoms with Crippen LogP contribution in [0.4, 0.5) is 0 Å². The standard InChI is InChI=1S/C27H31NO5/c1-20-10-11-22(25(17-20)33-27-9-5-6-16-31-27)23(13-15-29)28-14-12-24(30)26(18-28)32-19-21-7-3-2-4-8-21/h2-4,7-8,10-12,14,17-18,23,27,29H,5-6,9,13,15-16,19H2,1H3. The van der Waals surface area contributed by atoms with Gasteiger partial charge < -0.3 is 23.9 Å². The predicted octanol–water partition coefficient (Wildman–Crippen LogP) is 4.61. The monoisotopic (exact) mass is 449 g/mol. The first-order valence-corrected chi connectivity index (χ1v) is 11.5. The Balaban J connectivity index is 1.62. The van der Waals surface area contributed by atoms with Crippen molar-refractivity contribution in [3.05, 3.63) is 93.9 Å². The number of hydrogen-bond acceptors (Lipinski definition) is 5. The van der Waals surface area contributed by atoms with Crippen LogP contribution in [0.15, 0.2) is 71.8 Å². The lowest BCUT2D eigenvalue weighted by Gasteiger charge is -2.28. The molecule has 1 fully saturated rings. The van der Waals surface area contributed by atoms with E-state index in [-0.39, 0.29) is 30.1 Å². The Morgan fingerprint density at radius 3 is 2.73 bits per heavy atom. The summed E-state index contributed by atoms with van der Waals surface area (Å²) < 4.78 is 19.8. The molecule has 1 aromatic heterocycles. The highest BCUT2D eigenvalue weighted by Gasteiger charge is 2.22. The molecule has 0 radical (unpaired) electrons. The average Bonchev–Trinajstić information content (AvgIpc) is 2.84. The van der Waals surface area contributed by atoms with E-state index in [0.29, 0.717) is 19.6 Å². The minimum Gasteiger partial charge on any atom is -0.483 e. The first-order chi connectivity index (χ1) is 16.1. The number of benzene rings is 2. The van der Waals surface area contributed by atoms with Crippen LogP contribution in [0.1, 0.15) is 48.4 Å². The number of rotatable bonds is 9. The predicted molar refractivity (Wildman–Crippen MR) is 127 cm³/mol.